The highest BCUT2D eigenvalue weighted by atomic mass is 16.6. The summed E-state index contributed by atoms with van der Waals surface area (Å²) in [4.78, 5) is 23.9. The number of rotatable bonds is 3. The van der Waals surface area contributed by atoms with Crippen LogP contribution in [-0.2, 0) is 0 Å². The molecular weight excluding hydrogens is 260 g/mol. The molecule has 1 fully saturated rings. The molecule has 0 spiro atoms. The summed E-state index contributed by atoms with van der Waals surface area (Å²) in [7, 11) is 0. The second kappa shape index (κ2) is 5.90. The number of hydrogen-bond acceptors (Lipinski definition) is 4. The lowest BCUT2D eigenvalue weighted by molar-refractivity contribution is -0.384. The van der Waals surface area contributed by atoms with E-state index in [2.05, 4.69) is 6.92 Å². The predicted molar refractivity (Wildman–Crippen MR) is 75.3 cm³/mol. The van der Waals surface area contributed by atoms with Crippen molar-refractivity contribution < 1.29 is 14.8 Å². The van der Waals surface area contributed by atoms with Gasteiger partial charge in [0.2, 0.25) is 0 Å². The number of nitrogens with zero attached hydrogens (tertiary/aromatic N) is 2. The second-order valence-electron chi connectivity index (χ2n) is 5.26. The number of anilines is 1. The Labute approximate surface area is 117 Å². The van der Waals surface area contributed by atoms with Crippen molar-refractivity contribution in [1.29, 1.82) is 0 Å². The number of carboxylic acids is 1. The zero-order chi connectivity index (χ0) is 14.7. The van der Waals surface area contributed by atoms with Crippen molar-refractivity contribution in [2.75, 3.05) is 18.0 Å². The molecule has 1 unspecified atom stereocenters. The van der Waals surface area contributed by atoms with E-state index in [1.807, 2.05) is 4.90 Å². The van der Waals surface area contributed by atoms with Crippen molar-refractivity contribution in [2.24, 2.45) is 5.92 Å². The molecule has 0 aromatic heterocycles. The van der Waals surface area contributed by atoms with Crippen LogP contribution in [-0.4, -0.2) is 29.1 Å². The van der Waals surface area contributed by atoms with Crippen LogP contribution in [0.2, 0.25) is 0 Å². The highest BCUT2D eigenvalue weighted by Crippen LogP contribution is 2.34. The van der Waals surface area contributed by atoms with E-state index in [4.69, 9.17) is 0 Å². The van der Waals surface area contributed by atoms with Crippen molar-refractivity contribution in [2.45, 2.75) is 26.2 Å². The number of nitro groups is 1. The summed E-state index contributed by atoms with van der Waals surface area (Å²) < 4.78 is 0. The Bertz CT molecular complexity index is 498. The highest BCUT2D eigenvalue weighted by Gasteiger charge is 2.27. The summed E-state index contributed by atoms with van der Waals surface area (Å²) in [5, 5.41) is 20.5. The van der Waals surface area contributed by atoms with Crippen molar-refractivity contribution in [3.8, 4) is 0 Å². The fraction of sp³-hybridized carbons (Fsp3) is 0.500. The zero-order valence-corrected chi connectivity index (χ0v) is 11.4. The maximum atomic E-state index is 11.3. The van der Waals surface area contributed by atoms with E-state index in [1.54, 1.807) is 0 Å². The number of carboxylic acid groups (broad SMARTS) is 1. The molecule has 1 saturated heterocycles. The third kappa shape index (κ3) is 2.89. The Hall–Kier alpha value is -2.11. The lowest BCUT2D eigenvalue weighted by atomic mass is 10.0. The summed E-state index contributed by atoms with van der Waals surface area (Å²) in [6.07, 6.45) is 2.91. The average Bonchev–Trinajstić information content (AvgIpc) is 2.62. The normalized spacial score (nSPS) is 19.4. The van der Waals surface area contributed by atoms with Gasteiger partial charge in [-0.15, -0.1) is 0 Å². The molecule has 2 rings (SSSR count). The van der Waals surface area contributed by atoms with Crippen molar-refractivity contribution in [3.63, 3.8) is 0 Å². The summed E-state index contributed by atoms with van der Waals surface area (Å²) in [5.41, 5.74) is 0.132. The third-order valence-corrected chi connectivity index (χ3v) is 3.77. The molecule has 20 heavy (non-hydrogen) atoms. The van der Waals surface area contributed by atoms with E-state index in [1.165, 1.54) is 18.2 Å². The fourth-order valence-electron chi connectivity index (χ4n) is 2.67. The van der Waals surface area contributed by atoms with Crippen LogP contribution in [0.15, 0.2) is 18.2 Å². The van der Waals surface area contributed by atoms with Crippen LogP contribution in [0.25, 0.3) is 0 Å². The molecule has 1 aliphatic heterocycles. The van der Waals surface area contributed by atoms with Crippen LogP contribution < -0.4 is 4.90 Å². The minimum absolute atomic E-state index is 0.00810. The summed E-state index contributed by atoms with van der Waals surface area (Å²) in [6.45, 7) is 3.47. The van der Waals surface area contributed by atoms with Crippen LogP contribution in [0.3, 0.4) is 0 Å². The number of carbonyl (C=O) groups is 1. The minimum Gasteiger partial charge on any atom is -0.478 e. The van der Waals surface area contributed by atoms with E-state index >= 15 is 0 Å². The second-order valence-corrected chi connectivity index (χ2v) is 5.26. The first-order valence-corrected chi connectivity index (χ1v) is 6.76. The number of hydrogen-bond donors (Lipinski definition) is 1. The van der Waals surface area contributed by atoms with Gasteiger partial charge in [0, 0.05) is 19.2 Å². The van der Waals surface area contributed by atoms with Gasteiger partial charge in [0.1, 0.15) is 5.69 Å². The number of benzene rings is 1. The first kappa shape index (κ1) is 14.3. The Kier molecular flexibility index (Phi) is 4.22. The van der Waals surface area contributed by atoms with E-state index in [-0.39, 0.29) is 16.9 Å². The minimum atomic E-state index is -1.12. The molecule has 6 heteroatoms. The van der Waals surface area contributed by atoms with Crippen molar-refractivity contribution >= 4 is 17.3 Å². The Balaban J connectivity index is 2.46. The first-order chi connectivity index (χ1) is 9.50. The quantitative estimate of drug-likeness (QED) is 0.678. The number of para-hydroxylation sites is 1. The lowest BCUT2D eigenvalue weighted by Gasteiger charge is -2.24. The standard InChI is InChI=1S/C14H18N2O4/c1-10-4-3-8-15(9-7-10)13-11(14(17)18)5-2-6-12(13)16(19)20/h2,5-6,10H,3-4,7-9H2,1H3,(H,17,18). The van der Waals surface area contributed by atoms with Crippen LogP contribution in [0.1, 0.15) is 36.5 Å². The Morgan fingerprint density at radius 2 is 2.15 bits per heavy atom. The molecule has 0 aliphatic carbocycles. The molecule has 108 valence electrons. The maximum absolute atomic E-state index is 11.3. The molecule has 1 N–H and O–H groups in total. The van der Waals surface area contributed by atoms with Gasteiger partial charge in [0.05, 0.1) is 10.5 Å². The van der Waals surface area contributed by atoms with E-state index in [0.717, 1.165) is 19.3 Å². The Morgan fingerprint density at radius 1 is 1.40 bits per heavy atom. The number of aromatic carboxylic acids is 1. The molecule has 1 heterocycles. The van der Waals surface area contributed by atoms with E-state index < -0.39 is 10.9 Å². The predicted octanol–water partition coefficient (Wildman–Crippen LogP) is 2.92. The summed E-state index contributed by atoms with van der Waals surface area (Å²) in [5.74, 6) is -0.558. The topological polar surface area (TPSA) is 83.7 Å². The number of nitro benzene ring substituents is 1. The zero-order valence-electron chi connectivity index (χ0n) is 11.4. The van der Waals surface area contributed by atoms with E-state index in [0.29, 0.717) is 19.0 Å². The largest absolute Gasteiger partial charge is 0.478 e. The molecule has 0 amide bonds. The van der Waals surface area contributed by atoms with Crippen molar-refractivity contribution in [1.82, 2.24) is 0 Å². The van der Waals surface area contributed by atoms with Crippen LogP contribution in [0.5, 0.6) is 0 Å². The van der Waals surface area contributed by atoms with Gasteiger partial charge in [-0.2, -0.15) is 0 Å². The monoisotopic (exact) mass is 278 g/mol. The van der Waals surface area contributed by atoms with Gasteiger partial charge in [0.15, 0.2) is 0 Å². The molecule has 1 aliphatic rings. The molecule has 1 atom stereocenters. The van der Waals surface area contributed by atoms with Gasteiger partial charge in [-0.25, -0.2) is 4.79 Å². The van der Waals surface area contributed by atoms with Crippen LogP contribution >= 0.6 is 0 Å². The molecule has 1 aromatic carbocycles. The SMILES string of the molecule is CC1CCCN(c2c(C(=O)O)cccc2[N+](=O)[O-])CC1. The molecule has 6 nitrogen and oxygen atoms in total. The van der Waals surface area contributed by atoms with Gasteiger partial charge in [0.25, 0.3) is 5.69 Å². The Morgan fingerprint density at radius 3 is 2.80 bits per heavy atom. The van der Waals surface area contributed by atoms with Gasteiger partial charge in [-0.3, -0.25) is 10.1 Å². The van der Waals surface area contributed by atoms with Crippen LogP contribution in [0, 0.1) is 16.0 Å². The molecule has 0 saturated carbocycles. The summed E-state index contributed by atoms with van der Waals surface area (Å²) in [6, 6.07) is 4.22. The van der Waals surface area contributed by atoms with Gasteiger partial charge < -0.3 is 10.0 Å². The average molecular weight is 278 g/mol. The molecule has 1 aromatic rings. The van der Waals surface area contributed by atoms with Gasteiger partial charge in [-0.05, 0) is 31.2 Å². The third-order valence-electron chi connectivity index (χ3n) is 3.77. The van der Waals surface area contributed by atoms with E-state index in [9.17, 15) is 20.0 Å². The van der Waals surface area contributed by atoms with Gasteiger partial charge >= 0.3 is 5.97 Å². The molecule has 0 bridgehead atoms. The van der Waals surface area contributed by atoms with Crippen molar-refractivity contribution in [3.05, 3.63) is 33.9 Å². The van der Waals surface area contributed by atoms with Crippen LogP contribution in [0.4, 0.5) is 11.4 Å². The highest BCUT2D eigenvalue weighted by molar-refractivity contribution is 5.97. The summed E-state index contributed by atoms with van der Waals surface area (Å²) >= 11 is 0. The smallest absolute Gasteiger partial charge is 0.338 e. The first-order valence-electron chi connectivity index (χ1n) is 6.76. The maximum Gasteiger partial charge on any atom is 0.338 e. The lowest BCUT2D eigenvalue weighted by Crippen LogP contribution is -2.27. The fourth-order valence-corrected chi connectivity index (χ4v) is 2.67. The van der Waals surface area contributed by atoms with Gasteiger partial charge in [-0.1, -0.05) is 13.0 Å². The molecule has 0 radical (unpaired) electrons. The molecular formula is C14H18N2O4.